The number of rotatable bonds is 8. The Morgan fingerprint density at radius 2 is 1.53 bits per heavy atom. The molecule has 0 heterocycles. The van der Waals surface area contributed by atoms with Crippen molar-refractivity contribution < 1.29 is 29.7 Å². The maximum Gasteiger partial charge on any atom is 0.328 e. The van der Waals surface area contributed by atoms with Gasteiger partial charge in [-0.25, -0.2) is 4.79 Å². The SMILES string of the molecule is NC(CS)C(=O)NC(CO)C(=O)NC(CO)C(=O)O. The van der Waals surface area contributed by atoms with Crippen LogP contribution in [0.3, 0.4) is 0 Å². The molecule has 19 heavy (non-hydrogen) atoms. The van der Waals surface area contributed by atoms with E-state index in [-0.39, 0.29) is 5.75 Å². The lowest BCUT2D eigenvalue weighted by molar-refractivity contribution is -0.143. The molecule has 2 amide bonds. The van der Waals surface area contributed by atoms with E-state index in [0.29, 0.717) is 0 Å². The van der Waals surface area contributed by atoms with Crippen molar-refractivity contribution in [2.75, 3.05) is 19.0 Å². The largest absolute Gasteiger partial charge is 0.480 e. The first-order chi connectivity index (χ1) is 8.87. The third-order valence-corrected chi connectivity index (χ3v) is 2.54. The molecule has 0 radical (unpaired) electrons. The van der Waals surface area contributed by atoms with Gasteiger partial charge in [-0.1, -0.05) is 0 Å². The van der Waals surface area contributed by atoms with Crippen molar-refractivity contribution >= 4 is 30.4 Å². The van der Waals surface area contributed by atoms with Crippen LogP contribution in [0.2, 0.25) is 0 Å². The van der Waals surface area contributed by atoms with E-state index >= 15 is 0 Å². The average molecular weight is 295 g/mol. The predicted molar refractivity (Wildman–Crippen MR) is 67.5 cm³/mol. The molecule has 110 valence electrons. The molecule has 9 nitrogen and oxygen atoms in total. The predicted octanol–water partition coefficient (Wildman–Crippen LogP) is -3.72. The molecular formula is C9H17N3O6S. The van der Waals surface area contributed by atoms with Gasteiger partial charge in [-0.05, 0) is 0 Å². The van der Waals surface area contributed by atoms with Gasteiger partial charge >= 0.3 is 5.97 Å². The molecular weight excluding hydrogens is 278 g/mol. The molecule has 0 bridgehead atoms. The summed E-state index contributed by atoms with van der Waals surface area (Å²) in [5.41, 5.74) is 5.36. The lowest BCUT2D eigenvalue weighted by Gasteiger charge is -2.20. The minimum absolute atomic E-state index is 0.0417. The van der Waals surface area contributed by atoms with Crippen molar-refractivity contribution in [2.24, 2.45) is 5.73 Å². The number of aliphatic carboxylic acids is 1. The van der Waals surface area contributed by atoms with Crippen LogP contribution in [-0.4, -0.2) is 70.2 Å². The van der Waals surface area contributed by atoms with E-state index in [4.69, 9.17) is 21.1 Å². The van der Waals surface area contributed by atoms with Crippen LogP contribution in [0.4, 0.5) is 0 Å². The van der Waals surface area contributed by atoms with Crippen molar-refractivity contribution in [1.29, 1.82) is 0 Å². The zero-order valence-electron chi connectivity index (χ0n) is 9.94. The Labute approximate surface area is 114 Å². The average Bonchev–Trinajstić information content (AvgIpc) is 2.39. The molecule has 3 atom stereocenters. The maximum absolute atomic E-state index is 11.6. The number of hydrogen-bond acceptors (Lipinski definition) is 7. The van der Waals surface area contributed by atoms with E-state index in [1.165, 1.54) is 0 Å². The molecule has 0 aromatic rings. The van der Waals surface area contributed by atoms with Crippen molar-refractivity contribution in [3.8, 4) is 0 Å². The van der Waals surface area contributed by atoms with E-state index in [0.717, 1.165) is 0 Å². The number of nitrogens with one attached hydrogen (secondary N) is 2. The lowest BCUT2D eigenvalue weighted by Crippen LogP contribution is -2.56. The van der Waals surface area contributed by atoms with E-state index < -0.39 is 49.1 Å². The highest BCUT2D eigenvalue weighted by molar-refractivity contribution is 7.80. The fraction of sp³-hybridized carbons (Fsp3) is 0.667. The number of nitrogens with two attached hydrogens (primary N) is 1. The zero-order valence-corrected chi connectivity index (χ0v) is 10.8. The van der Waals surface area contributed by atoms with Gasteiger partial charge in [0.25, 0.3) is 0 Å². The van der Waals surface area contributed by atoms with Gasteiger partial charge in [0, 0.05) is 5.75 Å². The number of carboxylic acids is 1. The number of aliphatic hydroxyl groups excluding tert-OH is 2. The van der Waals surface area contributed by atoms with Gasteiger partial charge in [0.15, 0.2) is 0 Å². The first-order valence-electron chi connectivity index (χ1n) is 5.29. The molecule has 0 fully saturated rings. The quantitative estimate of drug-likeness (QED) is 0.226. The molecule has 3 unspecified atom stereocenters. The van der Waals surface area contributed by atoms with Crippen molar-refractivity contribution in [1.82, 2.24) is 10.6 Å². The minimum Gasteiger partial charge on any atom is -0.480 e. The zero-order chi connectivity index (χ0) is 15.0. The molecule has 0 saturated heterocycles. The Morgan fingerprint density at radius 1 is 1.05 bits per heavy atom. The van der Waals surface area contributed by atoms with Crippen LogP contribution in [0.25, 0.3) is 0 Å². The molecule has 0 aliphatic heterocycles. The van der Waals surface area contributed by atoms with E-state index in [1.54, 1.807) is 0 Å². The van der Waals surface area contributed by atoms with Crippen LogP contribution in [0.1, 0.15) is 0 Å². The molecule has 0 aromatic heterocycles. The molecule has 0 saturated carbocycles. The molecule has 0 aliphatic carbocycles. The van der Waals surface area contributed by atoms with Crippen molar-refractivity contribution in [2.45, 2.75) is 18.1 Å². The summed E-state index contributed by atoms with van der Waals surface area (Å²) < 4.78 is 0. The van der Waals surface area contributed by atoms with Crippen LogP contribution in [0, 0.1) is 0 Å². The third kappa shape index (κ3) is 5.87. The normalized spacial score (nSPS) is 15.2. The van der Waals surface area contributed by atoms with Crippen molar-refractivity contribution in [3.05, 3.63) is 0 Å². The van der Waals surface area contributed by atoms with Gasteiger partial charge in [0.05, 0.1) is 19.3 Å². The highest BCUT2D eigenvalue weighted by Crippen LogP contribution is 1.91. The standard InChI is InChI=1S/C9H17N3O6S/c10-4(3-19)7(15)11-5(1-13)8(16)12-6(2-14)9(17)18/h4-6,13-14,19H,1-3,10H2,(H,11,15)(H,12,16)(H,17,18). The molecule has 0 rings (SSSR count). The highest BCUT2D eigenvalue weighted by atomic mass is 32.1. The summed E-state index contributed by atoms with van der Waals surface area (Å²) in [6, 6.07) is -3.83. The first kappa shape index (κ1) is 17.6. The Hall–Kier alpha value is -1.36. The topological polar surface area (TPSA) is 162 Å². The summed E-state index contributed by atoms with van der Waals surface area (Å²) in [6.45, 7) is -1.56. The van der Waals surface area contributed by atoms with Gasteiger partial charge in [-0.15, -0.1) is 0 Å². The number of hydrogen-bond donors (Lipinski definition) is 7. The number of carbonyl (C=O) groups is 3. The highest BCUT2D eigenvalue weighted by Gasteiger charge is 2.26. The Bertz CT molecular complexity index is 340. The summed E-state index contributed by atoms with van der Waals surface area (Å²) in [6.07, 6.45) is 0. The second-order valence-electron chi connectivity index (χ2n) is 3.61. The van der Waals surface area contributed by atoms with E-state index in [1.807, 2.05) is 5.32 Å². The second kappa shape index (κ2) is 8.69. The number of amides is 2. The van der Waals surface area contributed by atoms with Crippen LogP contribution in [0.5, 0.6) is 0 Å². The third-order valence-electron chi connectivity index (χ3n) is 2.15. The Morgan fingerprint density at radius 3 is 1.89 bits per heavy atom. The van der Waals surface area contributed by atoms with Gasteiger partial charge in [0.2, 0.25) is 11.8 Å². The van der Waals surface area contributed by atoms with Gasteiger partial charge < -0.3 is 31.7 Å². The van der Waals surface area contributed by atoms with E-state index in [9.17, 15) is 14.4 Å². The number of thiol groups is 1. The summed E-state index contributed by atoms with van der Waals surface area (Å²) in [7, 11) is 0. The van der Waals surface area contributed by atoms with Crippen LogP contribution < -0.4 is 16.4 Å². The number of carboxylic acid groups (broad SMARTS) is 1. The van der Waals surface area contributed by atoms with Gasteiger partial charge in [-0.3, -0.25) is 9.59 Å². The summed E-state index contributed by atoms with van der Waals surface area (Å²) in [5.74, 6) is -3.05. The van der Waals surface area contributed by atoms with E-state index in [2.05, 4.69) is 17.9 Å². The first-order valence-corrected chi connectivity index (χ1v) is 5.92. The summed E-state index contributed by atoms with van der Waals surface area (Å²) in [5, 5.41) is 30.4. The molecule has 0 spiro atoms. The number of aliphatic hydroxyl groups is 2. The molecule has 0 aliphatic rings. The summed E-state index contributed by atoms with van der Waals surface area (Å²) >= 11 is 3.80. The monoisotopic (exact) mass is 295 g/mol. The molecule has 7 N–H and O–H groups in total. The fourth-order valence-electron chi connectivity index (χ4n) is 1.01. The van der Waals surface area contributed by atoms with Crippen LogP contribution in [0.15, 0.2) is 0 Å². The Kier molecular flexibility index (Phi) is 8.07. The van der Waals surface area contributed by atoms with Crippen LogP contribution >= 0.6 is 12.6 Å². The molecule has 10 heteroatoms. The van der Waals surface area contributed by atoms with Crippen LogP contribution in [-0.2, 0) is 14.4 Å². The van der Waals surface area contributed by atoms with Crippen molar-refractivity contribution in [3.63, 3.8) is 0 Å². The fourth-order valence-corrected chi connectivity index (χ4v) is 1.18. The molecule has 0 aromatic carbocycles. The number of carbonyl (C=O) groups excluding carboxylic acids is 2. The maximum atomic E-state index is 11.6. The Balaban J connectivity index is 4.56. The van der Waals surface area contributed by atoms with Gasteiger partial charge in [0.1, 0.15) is 12.1 Å². The lowest BCUT2D eigenvalue weighted by atomic mass is 10.2. The van der Waals surface area contributed by atoms with Gasteiger partial charge in [-0.2, -0.15) is 12.6 Å². The summed E-state index contributed by atoms with van der Waals surface area (Å²) in [4.78, 5) is 33.6. The second-order valence-corrected chi connectivity index (χ2v) is 3.98. The smallest absolute Gasteiger partial charge is 0.328 e. The minimum atomic E-state index is -1.52.